The SMILES string of the molecule is C=CC(P)(CC)c1cc(-c2c(C)cccc2C)cc(-c2c(C)cccc2C)c1. The van der Waals surface area contributed by atoms with Crippen LogP contribution in [0.2, 0.25) is 0 Å². The number of hydrogen-bond donors (Lipinski definition) is 0. The van der Waals surface area contributed by atoms with Crippen LogP contribution in [0.1, 0.15) is 41.2 Å². The molecule has 0 aromatic heterocycles. The van der Waals surface area contributed by atoms with Gasteiger partial charge in [0, 0.05) is 5.16 Å². The molecule has 2 atom stereocenters. The molecule has 3 aromatic carbocycles. The number of allylic oxidation sites excluding steroid dienone is 1. The second-order valence-electron chi connectivity index (χ2n) is 7.93. The van der Waals surface area contributed by atoms with Crippen LogP contribution in [-0.4, -0.2) is 0 Å². The molecule has 0 radical (unpaired) electrons. The van der Waals surface area contributed by atoms with Crippen molar-refractivity contribution in [2.45, 2.75) is 46.2 Å². The van der Waals surface area contributed by atoms with Gasteiger partial charge in [0.2, 0.25) is 0 Å². The fraction of sp³-hybridized carbons (Fsp3) is 0.259. The predicted octanol–water partition coefficient (Wildman–Crippen LogP) is 7.92. The summed E-state index contributed by atoms with van der Waals surface area (Å²) >= 11 is 0. The summed E-state index contributed by atoms with van der Waals surface area (Å²) in [6.07, 6.45) is 3.06. The summed E-state index contributed by atoms with van der Waals surface area (Å²) in [5.74, 6) is 0. The molecule has 0 aliphatic carbocycles. The van der Waals surface area contributed by atoms with Gasteiger partial charge in [0.15, 0.2) is 0 Å². The Balaban J connectivity index is 2.37. The quantitative estimate of drug-likeness (QED) is 0.308. The standard InChI is InChI=1S/C27H31P/c1-7-27(28,8-2)24-16-22(25-18(3)11-9-12-19(25)4)15-23(17-24)26-20(5)13-10-14-21(26)6/h7,9-17H,1,8,28H2,2-6H3. The Morgan fingerprint density at radius 2 is 1.18 bits per heavy atom. The van der Waals surface area contributed by atoms with Gasteiger partial charge < -0.3 is 0 Å². The summed E-state index contributed by atoms with van der Waals surface area (Å²) in [4.78, 5) is 0. The number of rotatable bonds is 5. The highest BCUT2D eigenvalue weighted by Crippen LogP contribution is 2.42. The first-order valence-electron chi connectivity index (χ1n) is 10.0. The minimum Gasteiger partial charge on any atom is -0.122 e. The van der Waals surface area contributed by atoms with E-state index in [4.69, 9.17) is 0 Å². The summed E-state index contributed by atoms with van der Waals surface area (Å²) in [7, 11) is 3.03. The molecule has 0 aliphatic rings. The second-order valence-corrected chi connectivity index (χ2v) is 8.96. The van der Waals surface area contributed by atoms with Crippen LogP contribution >= 0.6 is 9.24 Å². The molecule has 0 fully saturated rings. The predicted molar refractivity (Wildman–Crippen MR) is 128 cm³/mol. The van der Waals surface area contributed by atoms with Gasteiger partial charge in [-0.15, -0.1) is 15.8 Å². The number of aryl methyl sites for hydroxylation is 4. The lowest BCUT2D eigenvalue weighted by Gasteiger charge is -2.27. The van der Waals surface area contributed by atoms with Crippen LogP contribution in [0, 0.1) is 27.7 Å². The Bertz CT molecular complexity index is 918. The third kappa shape index (κ3) is 3.71. The van der Waals surface area contributed by atoms with E-state index in [1.165, 1.54) is 50.1 Å². The van der Waals surface area contributed by atoms with Gasteiger partial charge in [-0.1, -0.05) is 49.4 Å². The topological polar surface area (TPSA) is 0 Å². The summed E-state index contributed by atoms with van der Waals surface area (Å²) in [6, 6.07) is 20.2. The lowest BCUT2D eigenvalue weighted by atomic mass is 9.85. The molecular weight excluding hydrogens is 355 g/mol. The van der Waals surface area contributed by atoms with Crippen LogP contribution in [0.4, 0.5) is 0 Å². The summed E-state index contributed by atoms with van der Waals surface area (Å²) in [6.45, 7) is 15.2. The minimum atomic E-state index is -0.127. The first kappa shape index (κ1) is 20.6. The van der Waals surface area contributed by atoms with Crippen LogP contribution < -0.4 is 0 Å². The molecule has 3 aromatic rings. The minimum absolute atomic E-state index is 0.127. The Kier molecular flexibility index (Phi) is 5.92. The Morgan fingerprint density at radius 3 is 1.50 bits per heavy atom. The van der Waals surface area contributed by atoms with E-state index in [9.17, 15) is 0 Å². The van der Waals surface area contributed by atoms with Crippen LogP contribution in [0.15, 0.2) is 67.3 Å². The Hall–Kier alpha value is -2.17. The molecule has 0 amide bonds. The fourth-order valence-corrected chi connectivity index (χ4v) is 4.36. The number of benzene rings is 3. The smallest absolute Gasteiger partial charge is 0.0270 e. The van der Waals surface area contributed by atoms with Crippen molar-refractivity contribution in [1.29, 1.82) is 0 Å². The van der Waals surface area contributed by atoms with E-state index in [2.05, 4.69) is 111 Å². The maximum Gasteiger partial charge on any atom is 0.0270 e. The molecule has 0 saturated carbocycles. The molecule has 1 heteroatoms. The van der Waals surface area contributed by atoms with E-state index >= 15 is 0 Å². The van der Waals surface area contributed by atoms with Crippen molar-refractivity contribution in [3.8, 4) is 22.3 Å². The van der Waals surface area contributed by atoms with Crippen molar-refractivity contribution in [2.75, 3.05) is 0 Å². The molecule has 28 heavy (non-hydrogen) atoms. The molecule has 0 aliphatic heterocycles. The van der Waals surface area contributed by atoms with E-state index in [-0.39, 0.29) is 5.16 Å². The van der Waals surface area contributed by atoms with E-state index in [0.29, 0.717) is 0 Å². The highest BCUT2D eigenvalue weighted by molar-refractivity contribution is 7.18. The zero-order valence-electron chi connectivity index (χ0n) is 17.8. The van der Waals surface area contributed by atoms with Crippen molar-refractivity contribution in [3.05, 3.63) is 95.1 Å². The lowest BCUT2D eigenvalue weighted by Crippen LogP contribution is -2.13. The van der Waals surface area contributed by atoms with Crippen LogP contribution in [0.5, 0.6) is 0 Å². The number of hydrogen-bond acceptors (Lipinski definition) is 0. The molecular formula is C27H31P. The average Bonchev–Trinajstić information content (AvgIpc) is 2.67. The van der Waals surface area contributed by atoms with Gasteiger partial charge in [0.1, 0.15) is 0 Å². The molecule has 2 unspecified atom stereocenters. The molecule has 0 heterocycles. The van der Waals surface area contributed by atoms with E-state index in [1.54, 1.807) is 0 Å². The lowest BCUT2D eigenvalue weighted by molar-refractivity contribution is 0.739. The van der Waals surface area contributed by atoms with Crippen molar-refractivity contribution in [2.24, 2.45) is 0 Å². The van der Waals surface area contributed by atoms with Crippen molar-refractivity contribution < 1.29 is 0 Å². The molecule has 0 spiro atoms. The molecule has 0 bridgehead atoms. The average molecular weight is 387 g/mol. The van der Waals surface area contributed by atoms with E-state index in [1.807, 2.05) is 0 Å². The highest BCUT2D eigenvalue weighted by atomic mass is 31.0. The zero-order chi connectivity index (χ0) is 20.5. The van der Waals surface area contributed by atoms with Crippen LogP contribution in [0.3, 0.4) is 0 Å². The van der Waals surface area contributed by atoms with Gasteiger partial charge in [-0.3, -0.25) is 0 Å². The van der Waals surface area contributed by atoms with Crippen LogP contribution in [0.25, 0.3) is 22.3 Å². The van der Waals surface area contributed by atoms with Gasteiger partial charge in [0.05, 0.1) is 0 Å². The van der Waals surface area contributed by atoms with Gasteiger partial charge in [-0.05, 0) is 102 Å². The van der Waals surface area contributed by atoms with Gasteiger partial charge in [0.25, 0.3) is 0 Å². The monoisotopic (exact) mass is 386 g/mol. The summed E-state index contributed by atoms with van der Waals surface area (Å²) in [5, 5.41) is -0.127. The first-order valence-corrected chi connectivity index (χ1v) is 10.6. The molecule has 0 N–H and O–H groups in total. The second kappa shape index (κ2) is 8.06. The molecule has 0 nitrogen and oxygen atoms in total. The Morgan fingerprint density at radius 1 is 0.786 bits per heavy atom. The van der Waals surface area contributed by atoms with Crippen molar-refractivity contribution in [3.63, 3.8) is 0 Å². The largest absolute Gasteiger partial charge is 0.122 e. The van der Waals surface area contributed by atoms with E-state index < -0.39 is 0 Å². The summed E-state index contributed by atoms with van der Waals surface area (Å²) < 4.78 is 0. The first-order chi connectivity index (χ1) is 13.3. The van der Waals surface area contributed by atoms with E-state index in [0.717, 1.165) is 6.42 Å². The molecule has 0 saturated heterocycles. The van der Waals surface area contributed by atoms with Gasteiger partial charge in [-0.2, -0.15) is 0 Å². The van der Waals surface area contributed by atoms with Crippen LogP contribution in [-0.2, 0) is 5.16 Å². The maximum absolute atomic E-state index is 4.13. The third-order valence-electron chi connectivity index (χ3n) is 5.96. The van der Waals surface area contributed by atoms with Crippen molar-refractivity contribution in [1.82, 2.24) is 0 Å². The molecule has 144 valence electrons. The van der Waals surface area contributed by atoms with Gasteiger partial charge >= 0.3 is 0 Å². The zero-order valence-corrected chi connectivity index (χ0v) is 18.9. The fourth-order valence-electron chi connectivity index (χ4n) is 4.19. The Labute approximate surface area is 172 Å². The molecule has 3 rings (SSSR count). The normalized spacial score (nSPS) is 13.2. The van der Waals surface area contributed by atoms with Gasteiger partial charge in [-0.25, -0.2) is 0 Å². The maximum atomic E-state index is 4.13. The van der Waals surface area contributed by atoms with Crippen molar-refractivity contribution >= 4 is 9.24 Å². The third-order valence-corrected chi connectivity index (χ3v) is 6.94. The summed E-state index contributed by atoms with van der Waals surface area (Å²) in [5.41, 5.74) is 11.8. The highest BCUT2D eigenvalue weighted by Gasteiger charge is 2.23.